The third kappa shape index (κ3) is 3.41. The normalized spacial score (nSPS) is 10.7. The number of benzene rings is 2. The summed E-state index contributed by atoms with van der Waals surface area (Å²) < 4.78 is 18.9. The number of ether oxygens (including phenoxy) is 1. The van der Waals surface area contributed by atoms with Gasteiger partial charge >= 0.3 is 5.97 Å². The van der Waals surface area contributed by atoms with Crippen LogP contribution in [0.2, 0.25) is 5.02 Å². The van der Waals surface area contributed by atoms with Crippen LogP contribution in [0.4, 0.5) is 10.1 Å². The van der Waals surface area contributed by atoms with Gasteiger partial charge in [0.1, 0.15) is 11.4 Å². The highest BCUT2D eigenvalue weighted by molar-refractivity contribution is 6.35. The van der Waals surface area contributed by atoms with Crippen LogP contribution in [0.3, 0.4) is 0 Å². The molecule has 0 atom stereocenters. The van der Waals surface area contributed by atoms with Gasteiger partial charge in [-0.2, -0.15) is 0 Å². The second-order valence-corrected chi connectivity index (χ2v) is 5.94. The molecule has 3 aromatic rings. The number of hydrogen-bond acceptors (Lipinski definition) is 4. The van der Waals surface area contributed by atoms with E-state index in [1.165, 1.54) is 6.07 Å². The molecule has 0 saturated carbocycles. The van der Waals surface area contributed by atoms with Crippen molar-refractivity contribution in [1.29, 1.82) is 0 Å². The summed E-state index contributed by atoms with van der Waals surface area (Å²) in [7, 11) is 0. The highest BCUT2D eigenvalue weighted by Crippen LogP contribution is 2.29. The zero-order valence-electron chi connectivity index (χ0n) is 13.9. The first kappa shape index (κ1) is 17.9. The van der Waals surface area contributed by atoms with E-state index in [1.807, 2.05) is 0 Å². The molecule has 26 heavy (non-hydrogen) atoms. The van der Waals surface area contributed by atoms with E-state index in [-0.39, 0.29) is 30.2 Å². The molecule has 0 aliphatic carbocycles. The summed E-state index contributed by atoms with van der Waals surface area (Å²) in [5.74, 6) is -1.14. The SMILES string of the molecule is CCOC(=O)c1c(NCc2ccccc2F)c2cccc(Cl)c2[nH]c1=O. The van der Waals surface area contributed by atoms with Crippen LogP contribution in [0.25, 0.3) is 10.9 Å². The number of nitrogens with one attached hydrogen (secondary N) is 2. The molecule has 2 N–H and O–H groups in total. The van der Waals surface area contributed by atoms with Crippen LogP contribution >= 0.6 is 11.6 Å². The van der Waals surface area contributed by atoms with E-state index in [1.54, 1.807) is 43.3 Å². The number of H-pyrrole nitrogens is 1. The molecule has 0 spiro atoms. The van der Waals surface area contributed by atoms with Gasteiger partial charge in [-0.15, -0.1) is 0 Å². The lowest BCUT2D eigenvalue weighted by atomic mass is 10.1. The molecular weight excluding hydrogens is 359 g/mol. The van der Waals surface area contributed by atoms with E-state index in [9.17, 15) is 14.0 Å². The van der Waals surface area contributed by atoms with Crippen LogP contribution in [-0.2, 0) is 11.3 Å². The van der Waals surface area contributed by atoms with Crippen LogP contribution in [0.5, 0.6) is 0 Å². The van der Waals surface area contributed by atoms with Crippen molar-refractivity contribution < 1.29 is 13.9 Å². The van der Waals surface area contributed by atoms with Gasteiger partial charge in [-0.05, 0) is 19.1 Å². The number of fused-ring (bicyclic) bond motifs is 1. The lowest BCUT2D eigenvalue weighted by Crippen LogP contribution is -2.23. The number of para-hydroxylation sites is 1. The maximum Gasteiger partial charge on any atom is 0.345 e. The number of pyridine rings is 1. The second kappa shape index (κ2) is 7.58. The number of aromatic nitrogens is 1. The number of esters is 1. The van der Waals surface area contributed by atoms with Gasteiger partial charge < -0.3 is 15.0 Å². The van der Waals surface area contributed by atoms with Gasteiger partial charge in [-0.1, -0.05) is 41.9 Å². The monoisotopic (exact) mass is 374 g/mol. The Balaban J connectivity index is 2.15. The van der Waals surface area contributed by atoms with E-state index in [0.717, 1.165) is 0 Å². The van der Waals surface area contributed by atoms with Crippen molar-refractivity contribution in [2.45, 2.75) is 13.5 Å². The molecule has 3 rings (SSSR count). The van der Waals surface area contributed by atoms with Crippen molar-refractivity contribution in [2.24, 2.45) is 0 Å². The summed E-state index contributed by atoms with van der Waals surface area (Å²) >= 11 is 6.16. The number of aromatic amines is 1. The lowest BCUT2D eigenvalue weighted by Gasteiger charge is -2.15. The number of carbonyl (C=O) groups excluding carboxylic acids is 1. The molecule has 0 unspecified atom stereocenters. The molecular formula is C19H16ClFN2O3. The predicted octanol–water partition coefficient (Wildman–Crippen LogP) is 4.11. The summed E-state index contributed by atoms with van der Waals surface area (Å²) in [5.41, 5.74) is 0.256. The minimum Gasteiger partial charge on any atom is -0.462 e. The molecule has 134 valence electrons. The number of anilines is 1. The Hall–Kier alpha value is -2.86. The Kier molecular flexibility index (Phi) is 5.23. The van der Waals surface area contributed by atoms with Crippen molar-refractivity contribution in [1.82, 2.24) is 4.98 Å². The minimum atomic E-state index is -0.758. The fourth-order valence-electron chi connectivity index (χ4n) is 2.69. The molecule has 0 aliphatic heterocycles. The molecule has 0 amide bonds. The Morgan fingerprint density at radius 1 is 1.23 bits per heavy atom. The summed E-state index contributed by atoms with van der Waals surface area (Å²) in [6, 6.07) is 11.3. The average molecular weight is 375 g/mol. The van der Waals surface area contributed by atoms with Gasteiger partial charge in [0.2, 0.25) is 0 Å². The summed E-state index contributed by atoms with van der Waals surface area (Å²) in [4.78, 5) is 27.4. The zero-order valence-corrected chi connectivity index (χ0v) is 14.7. The van der Waals surface area contributed by atoms with Crippen LogP contribution in [0.1, 0.15) is 22.8 Å². The van der Waals surface area contributed by atoms with Crippen LogP contribution < -0.4 is 10.9 Å². The second-order valence-electron chi connectivity index (χ2n) is 5.53. The Bertz CT molecular complexity index is 1030. The largest absolute Gasteiger partial charge is 0.462 e. The van der Waals surface area contributed by atoms with Gasteiger partial charge in [0.05, 0.1) is 22.8 Å². The fraction of sp³-hybridized carbons (Fsp3) is 0.158. The van der Waals surface area contributed by atoms with Gasteiger partial charge in [-0.25, -0.2) is 9.18 Å². The fourth-order valence-corrected chi connectivity index (χ4v) is 2.91. The first-order valence-electron chi connectivity index (χ1n) is 8.01. The molecule has 0 fully saturated rings. The molecule has 5 nitrogen and oxygen atoms in total. The maximum absolute atomic E-state index is 13.9. The van der Waals surface area contributed by atoms with Gasteiger partial charge in [-0.3, -0.25) is 4.79 Å². The van der Waals surface area contributed by atoms with Crippen LogP contribution in [0, 0.1) is 5.82 Å². The van der Waals surface area contributed by atoms with Crippen molar-refractivity contribution in [2.75, 3.05) is 11.9 Å². The van der Waals surface area contributed by atoms with E-state index >= 15 is 0 Å². The van der Waals surface area contributed by atoms with Gasteiger partial charge in [0, 0.05) is 17.5 Å². The smallest absolute Gasteiger partial charge is 0.345 e. The number of halogens is 2. The maximum atomic E-state index is 13.9. The Labute approximate surface area is 153 Å². The third-order valence-electron chi connectivity index (χ3n) is 3.89. The standard InChI is InChI=1S/C19H16ClFN2O3/c1-2-26-19(25)15-17(22-10-11-6-3-4-9-14(11)21)12-7-5-8-13(20)16(12)23-18(15)24/h3-9H,2,10H2,1H3,(H2,22,23,24). The molecule has 2 aromatic carbocycles. The summed E-state index contributed by atoms with van der Waals surface area (Å²) in [6.07, 6.45) is 0. The molecule has 0 aliphatic rings. The lowest BCUT2D eigenvalue weighted by molar-refractivity contribution is 0.0525. The number of hydrogen-bond donors (Lipinski definition) is 2. The Morgan fingerprint density at radius 3 is 2.73 bits per heavy atom. The molecule has 7 heteroatoms. The van der Waals surface area contributed by atoms with Gasteiger partial charge in [0.25, 0.3) is 5.56 Å². The van der Waals surface area contributed by atoms with Crippen molar-refractivity contribution >= 4 is 34.2 Å². The van der Waals surface area contributed by atoms with E-state index < -0.39 is 11.5 Å². The predicted molar refractivity (Wildman–Crippen MR) is 99.3 cm³/mol. The molecule has 0 bridgehead atoms. The summed E-state index contributed by atoms with van der Waals surface area (Å²) in [6.45, 7) is 1.86. The topological polar surface area (TPSA) is 71.2 Å². The molecule has 0 saturated heterocycles. The molecule has 1 aromatic heterocycles. The third-order valence-corrected chi connectivity index (χ3v) is 4.21. The molecule has 0 radical (unpaired) electrons. The zero-order chi connectivity index (χ0) is 18.7. The first-order chi connectivity index (χ1) is 12.5. The van der Waals surface area contributed by atoms with Crippen molar-refractivity contribution in [3.63, 3.8) is 0 Å². The highest BCUT2D eigenvalue weighted by Gasteiger charge is 2.21. The first-order valence-corrected chi connectivity index (χ1v) is 8.39. The minimum absolute atomic E-state index is 0.0874. The van der Waals surface area contributed by atoms with E-state index in [0.29, 0.717) is 21.5 Å². The van der Waals surface area contributed by atoms with Crippen molar-refractivity contribution in [3.05, 3.63) is 74.8 Å². The van der Waals surface area contributed by atoms with Crippen molar-refractivity contribution in [3.8, 4) is 0 Å². The van der Waals surface area contributed by atoms with E-state index in [2.05, 4.69) is 10.3 Å². The highest BCUT2D eigenvalue weighted by atomic mass is 35.5. The Morgan fingerprint density at radius 2 is 2.00 bits per heavy atom. The summed E-state index contributed by atoms with van der Waals surface area (Å²) in [5, 5.41) is 3.88. The number of rotatable bonds is 5. The quantitative estimate of drug-likeness (QED) is 0.659. The van der Waals surface area contributed by atoms with Crippen LogP contribution in [-0.4, -0.2) is 17.6 Å². The molecule has 1 heterocycles. The average Bonchev–Trinajstić information content (AvgIpc) is 2.61. The van der Waals surface area contributed by atoms with E-state index in [4.69, 9.17) is 16.3 Å². The number of carbonyl (C=O) groups is 1. The van der Waals surface area contributed by atoms with Crippen LogP contribution in [0.15, 0.2) is 47.3 Å². The van der Waals surface area contributed by atoms with Gasteiger partial charge in [0.15, 0.2) is 0 Å².